The van der Waals surface area contributed by atoms with Gasteiger partial charge in [0.2, 0.25) is 0 Å². The largest absolute Gasteiger partial charge is 0.472 e. The predicted octanol–water partition coefficient (Wildman–Crippen LogP) is 3.34. The van der Waals surface area contributed by atoms with Crippen LogP contribution in [0, 0.1) is 5.82 Å². The molecule has 1 aromatic carbocycles. The number of rotatable bonds is 3. The molecule has 18 heavy (non-hydrogen) atoms. The van der Waals surface area contributed by atoms with Crippen LogP contribution in [0.3, 0.4) is 0 Å². The van der Waals surface area contributed by atoms with Gasteiger partial charge in [-0.25, -0.2) is 4.39 Å². The number of carbonyl (C=O) groups excluding carboxylic acids is 1. The molecule has 0 saturated heterocycles. The fourth-order valence-corrected chi connectivity index (χ4v) is 1.77. The van der Waals surface area contributed by atoms with Crippen molar-refractivity contribution in [3.8, 4) is 0 Å². The summed E-state index contributed by atoms with van der Waals surface area (Å²) >= 11 is 5.76. The van der Waals surface area contributed by atoms with Crippen molar-refractivity contribution in [1.29, 1.82) is 0 Å². The number of carbonyl (C=O) groups is 1. The van der Waals surface area contributed by atoms with Gasteiger partial charge in [-0.2, -0.15) is 0 Å². The van der Waals surface area contributed by atoms with Gasteiger partial charge in [-0.05, 0) is 24.3 Å². The van der Waals surface area contributed by atoms with E-state index in [0.717, 1.165) is 5.56 Å². The smallest absolute Gasteiger partial charge is 0.256 e. The van der Waals surface area contributed by atoms with Gasteiger partial charge in [0, 0.05) is 24.2 Å². The second-order valence-corrected chi connectivity index (χ2v) is 4.35. The molecule has 0 aliphatic carbocycles. The molecule has 1 heterocycles. The summed E-state index contributed by atoms with van der Waals surface area (Å²) in [6.45, 7) is 0.348. The van der Waals surface area contributed by atoms with Crippen molar-refractivity contribution in [3.05, 3.63) is 58.8 Å². The SMILES string of the molecule is CN(Cc1ccoc1)C(=O)c1cc(Cl)ccc1F. The monoisotopic (exact) mass is 267 g/mol. The molecular weight excluding hydrogens is 257 g/mol. The fraction of sp³-hybridized carbons (Fsp3) is 0.154. The molecule has 0 atom stereocenters. The first-order valence-electron chi connectivity index (χ1n) is 5.29. The van der Waals surface area contributed by atoms with Crippen molar-refractivity contribution >= 4 is 17.5 Å². The second kappa shape index (κ2) is 5.23. The summed E-state index contributed by atoms with van der Waals surface area (Å²) in [5.41, 5.74) is 0.807. The summed E-state index contributed by atoms with van der Waals surface area (Å²) in [4.78, 5) is 13.4. The Morgan fingerprint density at radius 3 is 2.89 bits per heavy atom. The van der Waals surface area contributed by atoms with E-state index < -0.39 is 11.7 Å². The first-order chi connectivity index (χ1) is 8.58. The van der Waals surface area contributed by atoms with Crippen LogP contribution >= 0.6 is 11.6 Å². The first kappa shape index (κ1) is 12.6. The van der Waals surface area contributed by atoms with Crippen LogP contribution in [0.15, 0.2) is 41.2 Å². The highest BCUT2D eigenvalue weighted by Crippen LogP contribution is 2.17. The molecule has 0 spiro atoms. The zero-order valence-corrected chi connectivity index (χ0v) is 10.4. The lowest BCUT2D eigenvalue weighted by atomic mass is 10.2. The molecular formula is C13H11ClFNO2. The maximum Gasteiger partial charge on any atom is 0.256 e. The second-order valence-electron chi connectivity index (χ2n) is 3.92. The van der Waals surface area contributed by atoms with Crippen molar-refractivity contribution < 1.29 is 13.6 Å². The Bertz CT molecular complexity index is 554. The number of furan rings is 1. The molecule has 0 aliphatic heterocycles. The van der Waals surface area contributed by atoms with Gasteiger partial charge in [0.1, 0.15) is 5.82 Å². The van der Waals surface area contributed by atoms with Gasteiger partial charge in [0.25, 0.3) is 5.91 Å². The van der Waals surface area contributed by atoms with E-state index in [1.165, 1.54) is 35.6 Å². The van der Waals surface area contributed by atoms with Gasteiger partial charge >= 0.3 is 0 Å². The molecule has 2 rings (SSSR count). The molecule has 1 amide bonds. The lowest BCUT2D eigenvalue weighted by Gasteiger charge is -2.16. The van der Waals surface area contributed by atoms with Gasteiger partial charge in [0.15, 0.2) is 0 Å². The minimum Gasteiger partial charge on any atom is -0.472 e. The van der Waals surface area contributed by atoms with Crippen LogP contribution in [0.4, 0.5) is 4.39 Å². The minimum atomic E-state index is -0.580. The summed E-state index contributed by atoms with van der Waals surface area (Å²) < 4.78 is 18.4. The molecule has 0 unspecified atom stereocenters. The molecule has 2 aromatic rings. The zero-order valence-electron chi connectivity index (χ0n) is 9.69. The number of hydrogen-bond acceptors (Lipinski definition) is 2. The number of hydrogen-bond donors (Lipinski definition) is 0. The average Bonchev–Trinajstić information content (AvgIpc) is 2.84. The maximum atomic E-state index is 13.5. The molecule has 0 bridgehead atoms. The summed E-state index contributed by atoms with van der Waals surface area (Å²) in [7, 11) is 1.59. The Balaban J connectivity index is 2.17. The highest BCUT2D eigenvalue weighted by molar-refractivity contribution is 6.30. The van der Waals surface area contributed by atoms with Gasteiger partial charge in [-0.15, -0.1) is 0 Å². The maximum absolute atomic E-state index is 13.5. The summed E-state index contributed by atoms with van der Waals surface area (Å²) in [6, 6.07) is 5.66. The highest BCUT2D eigenvalue weighted by Gasteiger charge is 2.17. The normalized spacial score (nSPS) is 10.4. The van der Waals surface area contributed by atoms with Gasteiger partial charge in [-0.1, -0.05) is 11.6 Å². The highest BCUT2D eigenvalue weighted by atomic mass is 35.5. The van der Waals surface area contributed by atoms with Gasteiger partial charge in [0.05, 0.1) is 18.1 Å². The predicted molar refractivity (Wildman–Crippen MR) is 65.9 cm³/mol. The first-order valence-corrected chi connectivity index (χ1v) is 5.67. The van der Waals surface area contributed by atoms with Crippen LogP contribution in [-0.4, -0.2) is 17.9 Å². The van der Waals surface area contributed by atoms with E-state index in [-0.39, 0.29) is 5.56 Å². The molecule has 3 nitrogen and oxygen atoms in total. The van der Waals surface area contributed by atoms with Crippen LogP contribution < -0.4 is 0 Å². The Labute approximate surface area is 109 Å². The van der Waals surface area contributed by atoms with Crippen molar-refractivity contribution in [1.82, 2.24) is 4.90 Å². The molecule has 0 N–H and O–H groups in total. The summed E-state index contributed by atoms with van der Waals surface area (Å²) in [5, 5.41) is 0.330. The lowest BCUT2D eigenvalue weighted by Crippen LogP contribution is -2.26. The Morgan fingerprint density at radius 1 is 1.44 bits per heavy atom. The lowest BCUT2D eigenvalue weighted by molar-refractivity contribution is 0.0780. The third-order valence-corrected chi connectivity index (χ3v) is 2.74. The van der Waals surface area contributed by atoms with E-state index in [0.29, 0.717) is 11.6 Å². The molecule has 0 radical (unpaired) electrons. The van der Waals surface area contributed by atoms with Crippen LogP contribution in [0.1, 0.15) is 15.9 Å². The van der Waals surface area contributed by atoms with Crippen LogP contribution in [0.5, 0.6) is 0 Å². The summed E-state index contributed by atoms with van der Waals surface area (Å²) in [6.07, 6.45) is 3.06. The van der Waals surface area contributed by atoms with E-state index in [1.54, 1.807) is 13.1 Å². The average molecular weight is 268 g/mol. The zero-order chi connectivity index (χ0) is 13.1. The van der Waals surface area contributed by atoms with Gasteiger partial charge < -0.3 is 9.32 Å². The quantitative estimate of drug-likeness (QED) is 0.854. The Hall–Kier alpha value is -1.81. The molecule has 94 valence electrons. The van der Waals surface area contributed by atoms with Crippen LogP contribution in [0.25, 0.3) is 0 Å². The topological polar surface area (TPSA) is 33.5 Å². The summed E-state index contributed by atoms with van der Waals surface area (Å²) in [5.74, 6) is -1.00. The Kier molecular flexibility index (Phi) is 3.67. The number of halogens is 2. The van der Waals surface area contributed by atoms with Crippen LogP contribution in [0.2, 0.25) is 5.02 Å². The molecule has 0 saturated carbocycles. The van der Waals surface area contributed by atoms with E-state index in [4.69, 9.17) is 16.0 Å². The van der Waals surface area contributed by atoms with E-state index in [2.05, 4.69) is 0 Å². The number of amides is 1. The van der Waals surface area contributed by atoms with E-state index >= 15 is 0 Å². The fourth-order valence-electron chi connectivity index (χ4n) is 1.60. The minimum absolute atomic E-state index is 0.0338. The van der Waals surface area contributed by atoms with Crippen molar-refractivity contribution in [2.45, 2.75) is 6.54 Å². The molecule has 1 aromatic heterocycles. The molecule has 0 aliphatic rings. The van der Waals surface area contributed by atoms with Crippen molar-refractivity contribution in [2.75, 3.05) is 7.05 Å². The van der Waals surface area contributed by atoms with Crippen molar-refractivity contribution in [2.24, 2.45) is 0 Å². The number of nitrogens with zero attached hydrogens (tertiary/aromatic N) is 1. The van der Waals surface area contributed by atoms with Gasteiger partial charge in [-0.3, -0.25) is 4.79 Å². The molecule has 0 fully saturated rings. The molecule has 5 heteroatoms. The third kappa shape index (κ3) is 2.71. The van der Waals surface area contributed by atoms with Crippen molar-refractivity contribution in [3.63, 3.8) is 0 Å². The van der Waals surface area contributed by atoms with E-state index in [1.807, 2.05) is 0 Å². The number of benzene rings is 1. The van der Waals surface area contributed by atoms with Crippen LogP contribution in [-0.2, 0) is 6.54 Å². The third-order valence-electron chi connectivity index (χ3n) is 2.51. The standard InChI is InChI=1S/C13H11ClFNO2/c1-16(7-9-4-5-18-8-9)13(17)11-6-10(14)2-3-12(11)15/h2-6,8H,7H2,1H3. The van der Waals surface area contributed by atoms with E-state index in [9.17, 15) is 9.18 Å². The Morgan fingerprint density at radius 2 is 2.22 bits per heavy atom.